The number of nitrogens with one attached hydrogen (secondary N) is 2. The van der Waals surface area contributed by atoms with Gasteiger partial charge in [-0.1, -0.05) is 49.5 Å². The Labute approximate surface area is 262 Å². The van der Waals surface area contributed by atoms with Gasteiger partial charge in [-0.15, -0.1) is 0 Å². The van der Waals surface area contributed by atoms with E-state index in [0.29, 0.717) is 38.6 Å². The highest BCUT2D eigenvalue weighted by molar-refractivity contribution is 6.06. The lowest BCUT2D eigenvalue weighted by atomic mass is 10.0. The van der Waals surface area contributed by atoms with E-state index in [2.05, 4.69) is 30.6 Å². The Kier molecular flexibility index (Phi) is 13.9. The lowest BCUT2D eigenvalue weighted by Gasteiger charge is -2.17. The van der Waals surface area contributed by atoms with Gasteiger partial charge in [-0.05, 0) is 64.1 Å². The molecule has 1 aliphatic heterocycles. The number of rotatable bonds is 17. The summed E-state index contributed by atoms with van der Waals surface area (Å²) >= 11 is 0. The number of aromatic nitrogens is 2. The highest BCUT2D eigenvalue weighted by atomic mass is 16.5. The van der Waals surface area contributed by atoms with Gasteiger partial charge >= 0.3 is 0 Å². The molecule has 0 saturated carbocycles. The Balaban J connectivity index is 1.84. The molecule has 0 bridgehead atoms. The van der Waals surface area contributed by atoms with Gasteiger partial charge in [0.25, 0.3) is 0 Å². The first kappa shape index (κ1) is 34.3. The number of nitrogens with zero attached hydrogens (tertiary/aromatic N) is 4. The first-order valence-corrected chi connectivity index (χ1v) is 15.2. The fourth-order valence-corrected chi connectivity index (χ4v) is 4.74. The zero-order valence-electron chi connectivity index (χ0n) is 26.9. The molecule has 236 valence electrons. The van der Waals surface area contributed by atoms with Gasteiger partial charge in [0, 0.05) is 56.8 Å². The van der Waals surface area contributed by atoms with Crippen LogP contribution in [0.4, 0.5) is 5.82 Å². The molecule has 1 aromatic heterocycles. The molecule has 3 rings (SSSR count). The molecule has 1 aliphatic rings. The molecule has 1 fully saturated rings. The third-order valence-electron chi connectivity index (χ3n) is 7.44. The molecule has 1 atom stereocenters. The standard InChI is InChI=1S/C35H48N6O3/c1-7-9-10-11-12-23-44-31-17-15-29(16-18-31)34-33(28(4)36)35(37-25-27(3)8-2)41(38-34)30-19-21-40(26-30)32(42)14-13-20-39(5)22-24-43-6/h7,9-18,25,30,36-37H,1,8,19-24,26H2,2-6H3. The number of benzene rings is 1. The van der Waals surface area contributed by atoms with Crippen LogP contribution in [0.15, 0.2) is 85.1 Å². The van der Waals surface area contributed by atoms with E-state index < -0.39 is 0 Å². The van der Waals surface area contributed by atoms with Crippen molar-refractivity contribution in [2.75, 3.05) is 58.9 Å². The van der Waals surface area contributed by atoms with Crippen LogP contribution in [-0.2, 0) is 9.53 Å². The van der Waals surface area contributed by atoms with E-state index in [1.807, 2.05) is 77.5 Å². The van der Waals surface area contributed by atoms with Crippen LogP contribution in [0.25, 0.3) is 11.3 Å². The highest BCUT2D eigenvalue weighted by Gasteiger charge is 2.31. The number of allylic oxidation sites excluding steroid dienone is 5. The van der Waals surface area contributed by atoms with Crippen LogP contribution in [0.3, 0.4) is 0 Å². The number of hydrogen-bond acceptors (Lipinski definition) is 7. The smallest absolute Gasteiger partial charge is 0.246 e. The first-order valence-electron chi connectivity index (χ1n) is 15.2. The Morgan fingerprint density at radius 2 is 1.98 bits per heavy atom. The molecule has 44 heavy (non-hydrogen) atoms. The second kappa shape index (κ2) is 17.8. The molecule has 1 unspecified atom stereocenters. The summed E-state index contributed by atoms with van der Waals surface area (Å²) in [7, 11) is 3.69. The van der Waals surface area contributed by atoms with Gasteiger partial charge in [0.05, 0.1) is 18.2 Å². The summed E-state index contributed by atoms with van der Waals surface area (Å²) < 4.78 is 12.9. The zero-order valence-corrected chi connectivity index (χ0v) is 26.9. The van der Waals surface area contributed by atoms with Gasteiger partial charge in [0.1, 0.15) is 23.9 Å². The fourth-order valence-electron chi connectivity index (χ4n) is 4.74. The number of amides is 1. The van der Waals surface area contributed by atoms with Crippen molar-refractivity contribution in [3.63, 3.8) is 0 Å². The van der Waals surface area contributed by atoms with Crippen molar-refractivity contribution < 1.29 is 14.3 Å². The van der Waals surface area contributed by atoms with Crippen molar-refractivity contribution in [3.05, 3.63) is 90.7 Å². The Morgan fingerprint density at radius 1 is 1.20 bits per heavy atom. The minimum Gasteiger partial charge on any atom is -0.490 e. The van der Waals surface area contributed by atoms with Crippen molar-refractivity contribution >= 4 is 17.4 Å². The number of carbonyl (C=O) groups is 1. The number of hydrogen-bond donors (Lipinski definition) is 2. The number of methoxy groups -OCH3 is 1. The Bertz CT molecular complexity index is 1370. The van der Waals surface area contributed by atoms with Crippen LogP contribution >= 0.6 is 0 Å². The molecule has 0 spiro atoms. The summed E-state index contributed by atoms with van der Waals surface area (Å²) in [5.41, 5.74) is 3.98. The van der Waals surface area contributed by atoms with Crippen LogP contribution < -0.4 is 10.1 Å². The van der Waals surface area contributed by atoms with E-state index >= 15 is 0 Å². The fraction of sp³-hybridized carbons (Fsp3) is 0.400. The van der Waals surface area contributed by atoms with Gasteiger partial charge in [-0.25, -0.2) is 4.68 Å². The van der Waals surface area contributed by atoms with Crippen LogP contribution in [-0.4, -0.2) is 84.7 Å². The minimum absolute atomic E-state index is 0.00173. The van der Waals surface area contributed by atoms with Gasteiger partial charge in [-0.2, -0.15) is 5.10 Å². The predicted octanol–water partition coefficient (Wildman–Crippen LogP) is 6.25. The molecule has 1 aromatic carbocycles. The largest absolute Gasteiger partial charge is 0.490 e. The summed E-state index contributed by atoms with van der Waals surface area (Å²) in [6.45, 7) is 13.4. The highest BCUT2D eigenvalue weighted by Crippen LogP contribution is 2.35. The van der Waals surface area contributed by atoms with Crippen LogP contribution in [0.5, 0.6) is 5.75 Å². The van der Waals surface area contributed by atoms with Crippen molar-refractivity contribution in [3.8, 4) is 17.0 Å². The second-order valence-electron chi connectivity index (χ2n) is 10.9. The van der Waals surface area contributed by atoms with Crippen LogP contribution in [0.2, 0.25) is 0 Å². The number of carbonyl (C=O) groups excluding carboxylic acids is 1. The van der Waals surface area contributed by atoms with E-state index in [9.17, 15) is 4.79 Å². The summed E-state index contributed by atoms with van der Waals surface area (Å²) in [4.78, 5) is 17.0. The molecule has 0 radical (unpaired) electrons. The SMILES string of the molecule is C=CC=CC=CCOc1ccc(-c2nn(C3CCN(C(=O)C=CCN(C)CCOC)C3)c(NC=C(C)CC)c2C(C)=N)cc1. The molecule has 0 aliphatic carbocycles. The summed E-state index contributed by atoms with van der Waals surface area (Å²) in [6, 6.07) is 7.78. The molecule has 1 amide bonds. The monoisotopic (exact) mass is 600 g/mol. The van der Waals surface area contributed by atoms with Crippen molar-refractivity contribution in [1.29, 1.82) is 5.41 Å². The van der Waals surface area contributed by atoms with E-state index in [-0.39, 0.29) is 11.9 Å². The average Bonchev–Trinajstić information content (AvgIpc) is 3.66. The maximum Gasteiger partial charge on any atom is 0.246 e. The number of likely N-dealkylation sites (tertiary alicyclic amines) is 1. The lowest BCUT2D eigenvalue weighted by molar-refractivity contribution is -0.125. The number of likely N-dealkylation sites (N-methyl/N-ethyl adjacent to an activating group) is 1. The van der Waals surface area contributed by atoms with Crippen molar-refractivity contribution in [2.24, 2.45) is 0 Å². The van der Waals surface area contributed by atoms with E-state index in [0.717, 1.165) is 47.8 Å². The van der Waals surface area contributed by atoms with Crippen molar-refractivity contribution in [2.45, 2.75) is 39.7 Å². The van der Waals surface area contributed by atoms with Crippen LogP contribution in [0.1, 0.15) is 45.2 Å². The van der Waals surface area contributed by atoms with Gasteiger partial charge < -0.3 is 30.0 Å². The topological polar surface area (TPSA) is 95.7 Å². The van der Waals surface area contributed by atoms with Gasteiger partial charge in [-0.3, -0.25) is 4.79 Å². The molecular formula is C35H48N6O3. The normalized spacial score (nSPS) is 15.7. The minimum atomic E-state index is -0.0223. The lowest BCUT2D eigenvalue weighted by Crippen LogP contribution is -2.28. The average molecular weight is 601 g/mol. The number of anilines is 1. The zero-order chi connectivity index (χ0) is 31.9. The summed E-state index contributed by atoms with van der Waals surface area (Å²) in [5.74, 6) is 1.52. The summed E-state index contributed by atoms with van der Waals surface area (Å²) in [5, 5.41) is 17.2. The van der Waals surface area contributed by atoms with E-state index in [1.54, 1.807) is 26.2 Å². The second-order valence-corrected chi connectivity index (χ2v) is 10.9. The third-order valence-corrected chi connectivity index (χ3v) is 7.44. The quantitative estimate of drug-likeness (QED) is 0.127. The Hall–Kier alpha value is -4.21. The van der Waals surface area contributed by atoms with Crippen LogP contribution in [0, 0.1) is 5.41 Å². The molecule has 9 heteroatoms. The molecule has 2 heterocycles. The maximum absolute atomic E-state index is 13.0. The van der Waals surface area contributed by atoms with Gasteiger partial charge in [0.2, 0.25) is 5.91 Å². The number of ether oxygens (including phenoxy) is 2. The molecule has 2 aromatic rings. The van der Waals surface area contributed by atoms with Gasteiger partial charge in [0.15, 0.2) is 0 Å². The van der Waals surface area contributed by atoms with E-state index in [4.69, 9.17) is 20.0 Å². The van der Waals surface area contributed by atoms with E-state index in [1.165, 1.54) is 5.57 Å². The molecule has 9 nitrogen and oxygen atoms in total. The first-order chi connectivity index (χ1) is 21.3. The Morgan fingerprint density at radius 3 is 2.66 bits per heavy atom. The third kappa shape index (κ3) is 9.92. The maximum atomic E-state index is 13.0. The van der Waals surface area contributed by atoms with Crippen molar-refractivity contribution in [1.82, 2.24) is 19.6 Å². The predicted molar refractivity (Wildman–Crippen MR) is 181 cm³/mol. The molecular weight excluding hydrogens is 552 g/mol. The molecule has 1 saturated heterocycles. The summed E-state index contributed by atoms with van der Waals surface area (Å²) in [6.07, 6.45) is 16.6. The molecule has 2 N–H and O–H groups in total.